The van der Waals surface area contributed by atoms with E-state index in [1.54, 1.807) is 6.20 Å². The minimum Gasteiger partial charge on any atom is -0.335 e. The van der Waals surface area contributed by atoms with Crippen LogP contribution in [0, 0.1) is 0 Å². The molecule has 2 rings (SSSR count). The molecule has 1 aromatic rings. The second-order valence-electron chi connectivity index (χ2n) is 5.78. The first-order valence-electron chi connectivity index (χ1n) is 7.34. The zero-order valence-corrected chi connectivity index (χ0v) is 13.2. The number of hydrogen-bond acceptors (Lipinski definition) is 3. The Bertz CT molecular complexity index is 490. The lowest BCUT2D eigenvalue weighted by molar-refractivity contribution is 0.0691. The standard InChI is InChI=1S/C15H22ClN3O/c1-10(2)14-17-9-12(16)13(18-14)15(20)19-8-6-4-5-7-11(19)3/h9-11H,4-8H2,1-3H3. The summed E-state index contributed by atoms with van der Waals surface area (Å²) in [4.78, 5) is 23.2. The summed E-state index contributed by atoms with van der Waals surface area (Å²) >= 11 is 6.13. The molecular formula is C15H22ClN3O. The van der Waals surface area contributed by atoms with Gasteiger partial charge in [0.2, 0.25) is 0 Å². The highest BCUT2D eigenvalue weighted by molar-refractivity contribution is 6.33. The molecule has 0 spiro atoms. The molecule has 1 saturated heterocycles. The molecule has 0 aromatic carbocycles. The number of halogens is 1. The number of rotatable bonds is 2. The molecule has 0 bridgehead atoms. The molecule has 1 atom stereocenters. The van der Waals surface area contributed by atoms with Crippen molar-refractivity contribution < 1.29 is 4.79 Å². The molecule has 4 nitrogen and oxygen atoms in total. The molecule has 0 saturated carbocycles. The maximum absolute atomic E-state index is 12.7. The van der Waals surface area contributed by atoms with Crippen molar-refractivity contribution in [2.75, 3.05) is 6.54 Å². The Hall–Kier alpha value is -1.16. The predicted molar refractivity (Wildman–Crippen MR) is 80.1 cm³/mol. The van der Waals surface area contributed by atoms with E-state index in [2.05, 4.69) is 16.9 Å². The van der Waals surface area contributed by atoms with Gasteiger partial charge >= 0.3 is 0 Å². The smallest absolute Gasteiger partial charge is 0.274 e. The van der Waals surface area contributed by atoms with Crippen molar-refractivity contribution in [1.82, 2.24) is 14.9 Å². The van der Waals surface area contributed by atoms with E-state index in [1.807, 2.05) is 18.7 Å². The van der Waals surface area contributed by atoms with Crippen LogP contribution in [0.4, 0.5) is 0 Å². The van der Waals surface area contributed by atoms with Gasteiger partial charge in [-0.05, 0) is 19.8 Å². The topological polar surface area (TPSA) is 46.1 Å². The van der Waals surface area contributed by atoms with Crippen LogP contribution in [0.1, 0.15) is 68.7 Å². The quantitative estimate of drug-likeness (QED) is 0.836. The summed E-state index contributed by atoms with van der Waals surface area (Å²) in [6, 6.07) is 0.249. The second kappa shape index (κ2) is 6.53. The summed E-state index contributed by atoms with van der Waals surface area (Å²) in [6.07, 6.45) is 6.00. The van der Waals surface area contributed by atoms with Crippen LogP contribution in [0.2, 0.25) is 5.02 Å². The number of likely N-dealkylation sites (tertiary alicyclic amines) is 1. The van der Waals surface area contributed by atoms with Crippen LogP contribution in [0.15, 0.2) is 6.20 Å². The van der Waals surface area contributed by atoms with E-state index in [9.17, 15) is 4.79 Å². The number of amides is 1. The van der Waals surface area contributed by atoms with E-state index in [4.69, 9.17) is 11.6 Å². The number of hydrogen-bond donors (Lipinski definition) is 0. The van der Waals surface area contributed by atoms with Crippen molar-refractivity contribution in [3.8, 4) is 0 Å². The predicted octanol–water partition coefficient (Wildman–Crippen LogP) is 3.66. The van der Waals surface area contributed by atoms with E-state index >= 15 is 0 Å². The molecule has 0 aliphatic carbocycles. The number of aromatic nitrogens is 2. The first-order chi connectivity index (χ1) is 9.50. The van der Waals surface area contributed by atoms with Crippen molar-refractivity contribution in [1.29, 1.82) is 0 Å². The maximum atomic E-state index is 12.7. The van der Waals surface area contributed by atoms with Gasteiger partial charge in [0.1, 0.15) is 5.82 Å². The molecule has 1 fully saturated rings. The number of nitrogens with zero attached hydrogens (tertiary/aromatic N) is 3. The Morgan fingerprint density at radius 1 is 1.40 bits per heavy atom. The highest BCUT2D eigenvalue weighted by atomic mass is 35.5. The molecule has 0 radical (unpaired) electrons. The summed E-state index contributed by atoms with van der Waals surface area (Å²) in [5.74, 6) is 0.786. The molecule has 2 heterocycles. The van der Waals surface area contributed by atoms with Gasteiger partial charge in [-0.25, -0.2) is 9.97 Å². The van der Waals surface area contributed by atoms with E-state index < -0.39 is 0 Å². The fraction of sp³-hybridized carbons (Fsp3) is 0.667. The first-order valence-corrected chi connectivity index (χ1v) is 7.72. The van der Waals surface area contributed by atoms with Gasteiger partial charge in [-0.2, -0.15) is 0 Å². The van der Waals surface area contributed by atoms with Gasteiger partial charge in [0.25, 0.3) is 5.91 Å². The van der Waals surface area contributed by atoms with Crippen LogP contribution in [-0.4, -0.2) is 33.4 Å². The second-order valence-corrected chi connectivity index (χ2v) is 6.18. The largest absolute Gasteiger partial charge is 0.335 e. The summed E-state index contributed by atoms with van der Waals surface area (Å²) in [5.41, 5.74) is 0.346. The van der Waals surface area contributed by atoms with Crippen LogP contribution >= 0.6 is 11.6 Å². The maximum Gasteiger partial charge on any atom is 0.274 e. The molecule has 1 aliphatic rings. The third-order valence-corrected chi connectivity index (χ3v) is 4.07. The minimum atomic E-state index is -0.0614. The zero-order valence-electron chi connectivity index (χ0n) is 12.4. The van der Waals surface area contributed by atoms with Gasteiger partial charge in [0.15, 0.2) is 5.69 Å². The van der Waals surface area contributed by atoms with Gasteiger partial charge in [0, 0.05) is 18.5 Å². The Labute approximate surface area is 125 Å². The molecule has 5 heteroatoms. The van der Waals surface area contributed by atoms with Crippen LogP contribution in [0.25, 0.3) is 0 Å². The molecule has 0 N–H and O–H groups in total. The van der Waals surface area contributed by atoms with Crippen molar-refractivity contribution in [3.63, 3.8) is 0 Å². The fourth-order valence-corrected chi connectivity index (χ4v) is 2.69. The van der Waals surface area contributed by atoms with Crippen LogP contribution in [0.3, 0.4) is 0 Å². The highest BCUT2D eigenvalue weighted by Gasteiger charge is 2.26. The molecule has 110 valence electrons. The molecular weight excluding hydrogens is 274 g/mol. The molecule has 1 aliphatic heterocycles. The van der Waals surface area contributed by atoms with Gasteiger partial charge in [-0.15, -0.1) is 0 Å². The number of carbonyl (C=O) groups is 1. The minimum absolute atomic E-state index is 0.0614. The Kier molecular flexibility index (Phi) is 4.97. The number of carbonyl (C=O) groups excluding carboxylic acids is 1. The Morgan fingerprint density at radius 3 is 2.85 bits per heavy atom. The molecule has 20 heavy (non-hydrogen) atoms. The Balaban J connectivity index is 2.29. The van der Waals surface area contributed by atoms with Gasteiger partial charge < -0.3 is 4.90 Å². The van der Waals surface area contributed by atoms with E-state index in [1.165, 1.54) is 12.8 Å². The average Bonchev–Trinajstić information content (AvgIpc) is 2.63. The fourth-order valence-electron chi connectivity index (χ4n) is 2.52. The lowest BCUT2D eigenvalue weighted by atomic mass is 10.1. The summed E-state index contributed by atoms with van der Waals surface area (Å²) in [6.45, 7) is 6.90. The average molecular weight is 296 g/mol. The van der Waals surface area contributed by atoms with E-state index in [-0.39, 0.29) is 17.9 Å². The summed E-state index contributed by atoms with van der Waals surface area (Å²) in [7, 11) is 0. The van der Waals surface area contributed by atoms with Crippen molar-refractivity contribution in [2.45, 2.75) is 58.4 Å². The highest BCUT2D eigenvalue weighted by Crippen LogP contribution is 2.22. The molecule has 1 unspecified atom stereocenters. The molecule has 1 amide bonds. The normalized spacial score (nSPS) is 20.1. The van der Waals surface area contributed by atoms with Gasteiger partial charge in [0.05, 0.1) is 11.2 Å². The zero-order chi connectivity index (χ0) is 14.7. The third-order valence-electron chi connectivity index (χ3n) is 3.80. The summed E-state index contributed by atoms with van der Waals surface area (Å²) < 4.78 is 0. The van der Waals surface area contributed by atoms with E-state index in [0.29, 0.717) is 16.5 Å². The van der Waals surface area contributed by atoms with Crippen molar-refractivity contribution in [2.24, 2.45) is 0 Å². The third kappa shape index (κ3) is 3.29. The van der Waals surface area contributed by atoms with Crippen LogP contribution in [0.5, 0.6) is 0 Å². The Morgan fingerprint density at radius 2 is 2.15 bits per heavy atom. The lowest BCUT2D eigenvalue weighted by Gasteiger charge is -2.27. The van der Waals surface area contributed by atoms with Crippen LogP contribution < -0.4 is 0 Å². The summed E-state index contributed by atoms with van der Waals surface area (Å²) in [5, 5.41) is 0.343. The monoisotopic (exact) mass is 295 g/mol. The first kappa shape index (κ1) is 15.2. The SMILES string of the molecule is CC(C)c1ncc(Cl)c(C(=O)N2CCCCCC2C)n1. The van der Waals surface area contributed by atoms with Gasteiger partial charge in [-0.3, -0.25) is 4.79 Å². The van der Waals surface area contributed by atoms with Crippen molar-refractivity contribution in [3.05, 3.63) is 22.7 Å². The molecule has 1 aromatic heterocycles. The lowest BCUT2D eigenvalue weighted by Crippen LogP contribution is -2.39. The van der Waals surface area contributed by atoms with E-state index in [0.717, 1.165) is 19.4 Å². The van der Waals surface area contributed by atoms with Gasteiger partial charge in [-0.1, -0.05) is 38.3 Å². The van der Waals surface area contributed by atoms with Crippen LogP contribution in [-0.2, 0) is 0 Å². The van der Waals surface area contributed by atoms with Crippen molar-refractivity contribution >= 4 is 17.5 Å².